The van der Waals surface area contributed by atoms with Gasteiger partial charge in [-0.2, -0.15) is 0 Å². The van der Waals surface area contributed by atoms with Gasteiger partial charge in [-0.1, -0.05) is 45.2 Å². The van der Waals surface area contributed by atoms with Crippen molar-refractivity contribution in [3.05, 3.63) is 53.6 Å². The Hall–Kier alpha value is -2.74. The lowest BCUT2D eigenvalue weighted by molar-refractivity contribution is 0.0946. The van der Waals surface area contributed by atoms with E-state index in [2.05, 4.69) is 19.2 Å². The van der Waals surface area contributed by atoms with Crippen LogP contribution >= 0.6 is 0 Å². The molecule has 1 aliphatic rings. The van der Waals surface area contributed by atoms with Crippen LogP contribution in [0.5, 0.6) is 11.5 Å². The number of nitrogens with one attached hydrogen (secondary N) is 1. The molecule has 1 amide bonds. The van der Waals surface area contributed by atoms with Crippen molar-refractivity contribution in [3.63, 3.8) is 0 Å². The first-order chi connectivity index (χ1) is 15.8. The second kappa shape index (κ2) is 11.4. The molecule has 1 N–H and O–H groups in total. The van der Waals surface area contributed by atoms with Crippen LogP contribution in [0.15, 0.2) is 42.5 Å². The average Bonchev–Trinajstić information content (AvgIpc) is 2.82. The highest BCUT2D eigenvalue weighted by molar-refractivity contribution is 7.92. The predicted molar refractivity (Wildman–Crippen MR) is 131 cm³/mol. The van der Waals surface area contributed by atoms with Crippen LogP contribution in [0.4, 0.5) is 5.69 Å². The van der Waals surface area contributed by atoms with Crippen LogP contribution in [-0.4, -0.2) is 40.3 Å². The van der Waals surface area contributed by atoms with E-state index in [-0.39, 0.29) is 12.5 Å². The third kappa shape index (κ3) is 6.87. The molecule has 0 bridgehead atoms. The van der Waals surface area contributed by atoms with E-state index >= 15 is 0 Å². The Kier molecular flexibility index (Phi) is 8.61. The molecule has 33 heavy (non-hydrogen) atoms. The maximum atomic E-state index is 12.5. The molecule has 8 heteroatoms. The van der Waals surface area contributed by atoms with Crippen molar-refractivity contribution in [2.45, 2.75) is 46.1 Å². The Balaban J connectivity index is 1.68. The Morgan fingerprint density at radius 2 is 1.76 bits per heavy atom. The summed E-state index contributed by atoms with van der Waals surface area (Å²) in [7, 11) is -3.54. The first-order valence-corrected chi connectivity index (χ1v) is 13.4. The Labute approximate surface area is 197 Å². The third-order valence-corrected chi connectivity index (χ3v) is 6.99. The summed E-state index contributed by atoms with van der Waals surface area (Å²) in [5, 5.41) is 3.03. The average molecular weight is 475 g/mol. The number of anilines is 1. The van der Waals surface area contributed by atoms with E-state index < -0.39 is 10.0 Å². The number of fused-ring (bicyclic) bond motifs is 1. The smallest absolute Gasteiger partial charge is 0.251 e. The molecule has 0 spiro atoms. The molecular weight excluding hydrogens is 440 g/mol. The normalized spacial score (nSPS) is 13.9. The van der Waals surface area contributed by atoms with Crippen LogP contribution in [0.2, 0.25) is 0 Å². The van der Waals surface area contributed by atoms with E-state index in [9.17, 15) is 13.2 Å². The molecule has 1 aliphatic heterocycles. The molecule has 1 heterocycles. The summed E-state index contributed by atoms with van der Waals surface area (Å²) >= 11 is 0. The SMILES string of the molecule is CCCCC(CC)CNC(=O)c1ccc(CN(c2ccc3c(c2)OCCO3)S(C)(=O)=O)cc1. The van der Waals surface area contributed by atoms with Crippen LogP contribution in [0.1, 0.15) is 55.5 Å². The van der Waals surface area contributed by atoms with Crippen LogP contribution in [0.25, 0.3) is 0 Å². The number of carbonyl (C=O) groups excluding carboxylic acids is 1. The molecule has 2 aromatic carbocycles. The summed E-state index contributed by atoms with van der Waals surface area (Å²) in [6.45, 7) is 6.04. The van der Waals surface area contributed by atoms with Crippen molar-refractivity contribution in [2.24, 2.45) is 5.92 Å². The molecule has 180 valence electrons. The number of nitrogens with zero attached hydrogens (tertiary/aromatic N) is 1. The van der Waals surface area contributed by atoms with Gasteiger partial charge in [-0.15, -0.1) is 0 Å². The molecule has 0 saturated heterocycles. The Morgan fingerprint density at radius 1 is 1.06 bits per heavy atom. The minimum Gasteiger partial charge on any atom is -0.486 e. The first-order valence-electron chi connectivity index (χ1n) is 11.6. The van der Waals surface area contributed by atoms with Crippen LogP contribution in [0, 0.1) is 5.92 Å². The lowest BCUT2D eigenvalue weighted by atomic mass is 9.99. The van der Waals surface area contributed by atoms with Gasteiger partial charge in [-0.05, 0) is 42.2 Å². The number of unbranched alkanes of at least 4 members (excludes halogenated alkanes) is 1. The van der Waals surface area contributed by atoms with Gasteiger partial charge >= 0.3 is 0 Å². The van der Waals surface area contributed by atoms with Gasteiger partial charge in [0.25, 0.3) is 5.91 Å². The van der Waals surface area contributed by atoms with Gasteiger partial charge in [-0.25, -0.2) is 8.42 Å². The van der Waals surface area contributed by atoms with Crippen molar-refractivity contribution < 1.29 is 22.7 Å². The summed E-state index contributed by atoms with van der Waals surface area (Å²) < 4.78 is 37.5. The molecule has 0 saturated carbocycles. The highest BCUT2D eigenvalue weighted by atomic mass is 32.2. The molecule has 3 rings (SSSR count). The maximum Gasteiger partial charge on any atom is 0.251 e. The minimum absolute atomic E-state index is 0.108. The van der Waals surface area contributed by atoms with Gasteiger partial charge in [0.1, 0.15) is 13.2 Å². The molecule has 1 unspecified atom stereocenters. The minimum atomic E-state index is -3.54. The third-order valence-electron chi connectivity index (χ3n) is 5.85. The van der Waals surface area contributed by atoms with Crippen LogP contribution in [-0.2, 0) is 16.6 Å². The van der Waals surface area contributed by atoms with E-state index in [1.54, 1.807) is 42.5 Å². The van der Waals surface area contributed by atoms with Crippen molar-refractivity contribution in [1.82, 2.24) is 5.32 Å². The molecule has 1 atom stereocenters. The molecule has 2 aromatic rings. The number of hydrogen-bond acceptors (Lipinski definition) is 5. The van der Waals surface area contributed by atoms with E-state index in [1.165, 1.54) is 17.0 Å². The molecule has 0 radical (unpaired) electrons. The number of carbonyl (C=O) groups is 1. The lowest BCUT2D eigenvalue weighted by Gasteiger charge is -2.25. The van der Waals surface area contributed by atoms with Gasteiger partial charge in [0, 0.05) is 18.2 Å². The lowest BCUT2D eigenvalue weighted by Crippen LogP contribution is -2.30. The van der Waals surface area contributed by atoms with Crippen molar-refractivity contribution in [1.29, 1.82) is 0 Å². The predicted octanol–water partition coefficient (Wildman–Crippen LogP) is 4.37. The van der Waals surface area contributed by atoms with Crippen LogP contribution < -0.4 is 19.1 Å². The maximum absolute atomic E-state index is 12.5. The van der Waals surface area contributed by atoms with E-state index in [1.807, 2.05) is 0 Å². The number of amides is 1. The van der Waals surface area contributed by atoms with E-state index in [4.69, 9.17) is 9.47 Å². The highest BCUT2D eigenvalue weighted by Gasteiger charge is 2.21. The second-order valence-corrected chi connectivity index (χ2v) is 10.3. The van der Waals surface area contributed by atoms with Gasteiger partial charge in [0.2, 0.25) is 10.0 Å². The van der Waals surface area contributed by atoms with Gasteiger partial charge in [-0.3, -0.25) is 9.10 Å². The standard InChI is InChI=1S/C25H34N2O5S/c1-4-6-7-19(5-2)17-26-25(28)21-10-8-20(9-11-21)18-27(33(3,29)30)22-12-13-23-24(16-22)32-15-14-31-23/h8-13,16,19H,4-7,14-15,17-18H2,1-3H3,(H,26,28). The largest absolute Gasteiger partial charge is 0.486 e. The number of ether oxygens (including phenoxy) is 2. The quantitative estimate of drug-likeness (QED) is 0.523. The van der Waals surface area contributed by atoms with Gasteiger partial charge in [0.05, 0.1) is 18.5 Å². The number of sulfonamides is 1. The molecule has 0 aromatic heterocycles. The number of rotatable bonds is 11. The van der Waals surface area contributed by atoms with E-state index in [0.29, 0.717) is 48.4 Å². The fourth-order valence-electron chi connectivity index (χ4n) is 3.80. The number of hydrogen-bond donors (Lipinski definition) is 1. The Bertz CT molecular complexity index is 1040. The van der Waals surface area contributed by atoms with E-state index in [0.717, 1.165) is 24.8 Å². The summed E-state index contributed by atoms with van der Waals surface area (Å²) in [4.78, 5) is 12.5. The molecule has 0 aliphatic carbocycles. The Morgan fingerprint density at radius 3 is 2.39 bits per heavy atom. The van der Waals surface area contributed by atoms with Crippen molar-refractivity contribution >= 4 is 21.6 Å². The van der Waals surface area contributed by atoms with Gasteiger partial charge < -0.3 is 14.8 Å². The molecular formula is C25H34N2O5S. The molecule has 0 fully saturated rings. The first kappa shape index (κ1) is 24.9. The summed E-state index contributed by atoms with van der Waals surface area (Å²) in [6, 6.07) is 12.2. The monoisotopic (exact) mass is 474 g/mol. The zero-order valence-electron chi connectivity index (χ0n) is 19.7. The summed E-state index contributed by atoms with van der Waals surface area (Å²) in [6.07, 6.45) is 5.66. The highest BCUT2D eigenvalue weighted by Crippen LogP contribution is 2.35. The van der Waals surface area contributed by atoms with Crippen LogP contribution in [0.3, 0.4) is 0 Å². The summed E-state index contributed by atoms with van der Waals surface area (Å²) in [5.41, 5.74) is 1.84. The van der Waals surface area contributed by atoms with Crippen molar-refractivity contribution in [3.8, 4) is 11.5 Å². The fourth-order valence-corrected chi connectivity index (χ4v) is 4.68. The fraction of sp³-hybridized carbons (Fsp3) is 0.480. The van der Waals surface area contributed by atoms with Crippen molar-refractivity contribution in [2.75, 3.05) is 30.3 Å². The number of benzene rings is 2. The second-order valence-electron chi connectivity index (χ2n) is 8.42. The zero-order chi connectivity index (χ0) is 23.8. The summed E-state index contributed by atoms with van der Waals surface area (Å²) in [5.74, 6) is 1.52. The van der Waals surface area contributed by atoms with Gasteiger partial charge in [0.15, 0.2) is 11.5 Å². The topological polar surface area (TPSA) is 84.9 Å². The zero-order valence-corrected chi connectivity index (χ0v) is 20.5. The molecule has 7 nitrogen and oxygen atoms in total.